The van der Waals surface area contributed by atoms with Gasteiger partial charge in [0.25, 0.3) is 0 Å². The topological polar surface area (TPSA) is 80.5 Å². The number of rotatable bonds is 4. The number of aliphatic imine (C=N–C) groups is 1. The number of aromatic nitrogens is 2. The summed E-state index contributed by atoms with van der Waals surface area (Å²) in [5, 5.41) is 12.0. The molecule has 0 unspecified atom stereocenters. The van der Waals surface area contributed by atoms with Crippen molar-refractivity contribution in [2.24, 2.45) is 4.99 Å². The minimum absolute atomic E-state index is 0.555. The quantitative estimate of drug-likeness (QED) is 0.471. The zero-order chi connectivity index (χ0) is 22.8. The first-order valence-corrected chi connectivity index (χ1v) is 11.4. The van der Waals surface area contributed by atoms with E-state index < -0.39 is 0 Å². The lowest BCUT2D eigenvalue weighted by atomic mass is 10.0. The Kier molecular flexibility index (Phi) is 5.88. The number of anilines is 2. The molecule has 1 saturated heterocycles. The molecule has 0 bridgehead atoms. The Balaban J connectivity index is 1.29. The van der Waals surface area contributed by atoms with Crippen LogP contribution in [0.15, 0.2) is 59.7 Å². The standard InChI is InChI=1S/C26H29N7/c1-32(2)22-11-13-33(14-12-22)25(27)18-7-9-21(10-8-18)30-26-29-17-20-16-28-15-19-5-3-4-6-23(19)24(20)31-26/h3-10,15,17,22,27H,11-14,16H2,1-2H3,(H,29,30,31). The van der Waals surface area contributed by atoms with E-state index in [0.29, 0.717) is 24.4 Å². The second kappa shape index (κ2) is 9.11. The maximum Gasteiger partial charge on any atom is 0.227 e. The largest absolute Gasteiger partial charge is 0.356 e. The Hall–Kier alpha value is -3.58. The van der Waals surface area contributed by atoms with Crippen molar-refractivity contribution >= 4 is 23.7 Å². The third kappa shape index (κ3) is 4.50. The predicted octanol–water partition coefficient (Wildman–Crippen LogP) is 4.17. The first-order chi connectivity index (χ1) is 16.1. The average Bonchev–Trinajstić information content (AvgIpc) is 3.03. The van der Waals surface area contributed by atoms with Crippen molar-refractivity contribution in [1.82, 2.24) is 19.8 Å². The number of likely N-dealkylation sites (tertiary alicyclic amines) is 1. The summed E-state index contributed by atoms with van der Waals surface area (Å²) in [6.45, 7) is 2.43. The number of nitrogens with zero attached hydrogens (tertiary/aromatic N) is 5. The highest BCUT2D eigenvalue weighted by Crippen LogP contribution is 2.28. The minimum Gasteiger partial charge on any atom is -0.356 e. The zero-order valence-corrected chi connectivity index (χ0v) is 19.1. The molecule has 2 N–H and O–H groups in total. The molecule has 0 saturated carbocycles. The number of hydrogen-bond donors (Lipinski definition) is 2. The van der Waals surface area contributed by atoms with Crippen molar-refractivity contribution < 1.29 is 0 Å². The fourth-order valence-electron chi connectivity index (χ4n) is 4.51. The first-order valence-electron chi connectivity index (χ1n) is 11.4. The second-order valence-corrected chi connectivity index (χ2v) is 8.86. The molecule has 0 spiro atoms. The molecule has 3 aromatic rings. The smallest absolute Gasteiger partial charge is 0.227 e. The van der Waals surface area contributed by atoms with Crippen molar-refractivity contribution in [2.45, 2.75) is 25.4 Å². The predicted molar refractivity (Wildman–Crippen MR) is 134 cm³/mol. The summed E-state index contributed by atoms with van der Waals surface area (Å²) in [6, 6.07) is 16.7. The van der Waals surface area contributed by atoms with Crippen LogP contribution in [0.3, 0.4) is 0 Å². The van der Waals surface area contributed by atoms with Gasteiger partial charge in [-0.1, -0.05) is 24.3 Å². The molecule has 33 heavy (non-hydrogen) atoms. The molecule has 0 amide bonds. The number of nitrogens with one attached hydrogen (secondary N) is 2. The Labute approximate surface area is 194 Å². The van der Waals surface area contributed by atoms with Crippen LogP contribution in [0.25, 0.3) is 11.3 Å². The Morgan fingerprint density at radius 3 is 2.58 bits per heavy atom. The molecule has 3 heterocycles. The van der Waals surface area contributed by atoms with Crippen molar-refractivity contribution in [2.75, 3.05) is 32.5 Å². The van der Waals surface area contributed by atoms with Crippen LogP contribution in [0.2, 0.25) is 0 Å². The first kappa shape index (κ1) is 21.3. The molecule has 2 aliphatic rings. The lowest BCUT2D eigenvalue weighted by molar-refractivity contribution is 0.191. The number of piperidine rings is 1. The molecule has 0 radical (unpaired) electrons. The van der Waals surface area contributed by atoms with Crippen molar-refractivity contribution in [3.05, 3.63) is 71.4 Å². The summed E-state index contributed by atoms with van der Waals surface area (Å²) in [5.74, 6) is 1.15. The zero-order valence-electron chi connectivity index (χ0n) is 19.1. The van der Waals surface area contributed by atoms with Gasteiger partial charge in [-0.3, -0.25) is 10.4 Å². The lowest BCUT2D eigenvalue weighted by Gasteiger charge is -2.36. The molecule has 2 aromatic carbocycles. The molecular formula is C26H29N7. The van der Waals surface area contributed by atoms with Crippen molar-refractivity contribution in [3.8, 4) is 11.3 Å². The van der Waals surface area contributed by atoms with E-state index in [-0.39, 0.29) is 0 Å². The Morgan fingerprint density at radius 1 is 1.06 bits per heavy atom. The highest BCUT2D eigenvalue weighted by molar-refractivity contribution is 5.96. The van der Waals surface area contributed by atoms with Gasteiger partial charge in [0.1, 0.15) is 5.84 Å². The Bertz CT molecular complexity index is 1180. The van der Waals surface area contributed by atoms with Crippen LogP contribution in [0.5, 0.6) is 0 Å². The van der Waals surface area contributed by atoms with Gasteiger partial charge in [0.2, 0.25) is 5.95 Å². The number of amidine groups is 1. The van der Waals surface area contributed by atoms with Gasteiger partial charge < -0.3 is 15.1 Å². The van der Waals surface area contributed by atoms with Gasteiger partial charge in [-0.05, 0) is 51.2 Å². The van der Waals surface area contributed by atoms with E-state index in [1.165, 1.54) is 0 Å². The number of benzene rings is 2. The third-order valence-electron chi connectivity index (χ3n) is 6.50. The van der Waals surface area contributed by atoms with Gasteiger partial charge in [0.05, 0.1) is 12.2 Å². The van der Waals surface area contributed by atoms with E-state index in [2.05, 4.69) is 51.3 Å². The lowest BCUT2D eigenvalue weighted by Crippen LogP contribution is -2.44. The second-order valence-electron chi connectivity index (χ2n) is 8.86. The van der Waals surface area contributed by atoms with E-state index in [4.69, 9.17) is 10.4 Å². The van der Waals surface area contributed by atoms with Gasteiger partial charge >= 0.3 is 0 Å². The fourth-order valence-corrected chi connectivity index (χ4v) is 4.51. The van der Waals surface area contributed by atoms with Gasteiger partial charge in [0.15, 0.2) is 0 Å². The van der Waals surface area contributed by atoms with Crippen molar-refractivity contribution in [3.63, 3.8) is 0 Å². The fraction of sp³-hybridized carbons (Fsp3) is 0.308. The summed E-state index contributed by atoms with van der Waals surface area (Å²) >= 11 is 0. The normalized spacial score (nSPS) is 15.7. The van der Waals surface area contributed by atoms with Gasteiger partial charge in [-0.2, -0.15) is 0 Å². The van der Waals surface area contributed by atoms with E-state index in [1.54, 1.807) is 0 Å². The average molecular weight is 440 g/mol. The summed E-state index contributed by atoms with van der Waals surface area (Å²) in [6.07, 6.45) is 5.95. The SMILES string of the molecule is CN(C)C1CCN(C(=N)c2ccc(Nc3ncc4c(n3)-c3ccccc3C=NC4)cc2)CC1. The van der Waals surface area contributed by atoms with Crippen LogP contribution in [-0.2, 0) is 6.54 Å². The molecular weight excluding hydrogens is 410 g/mol. The maximum atomic E-state index is 8.64. The van der Waals surface area contributed by atoms with Crippen LogP contribution in [-0.4, -0.2) is 65.0 Å². The third-order valence-corrected chi connectivity index (χ3v) is 6.50. The molecule has 7 heteroatoms. The highest BCUT2D eigenvalue weighted by Gasteiger charge is 2.22. The van der Waals surface area contributed by atoms with Gasteiger partial charge in [-0.25, -0.2) is 9.97 Å². The van der Waals surface area contributed by atoms with Crippen LogP contribution in [0.4, 0.5) is 11.6 Å². The molecule has 0 aliphatic carbocycles. The monoisotopic (exact) mass is 439 g/mol. The van der Waals surface area contributed by atoms with Crippen LogP contribution in [0.1, 0.15) is 29.5 Å². The molecule has 168 valence electrons. The van der Waals surface area contributed by atoms with E-state index >= 15 is 0 Å². The van der Waals surface area contributed by atoms with E-state index in [1.807, 2.05) is 48.8 Å². The Morgan fingerprint density at radius 2 is 1.82 bits per heavy atom. The molecule has 1 aromatic heterocycles. The van der Waals surface area contributed by atoms with Crippen molar-refractivity contribution in [1.29, 1.82) is 5.41 Å². The minimum atomic E-state index is 0.555. The van der Waals surface area contributed by atoms with Gasteiger partial charge in [-0.15, -0.1) is 0 Å². The summed E-state index contributed by atoms with van der Waals surface area (Å²) in [7, 11) is 4.27. The number of fused-ring (bicyclic) bond motifs is 3. The molecule has 1 fully saturated rings. The van der Waals surface area contributed by atoms with E-state index in [0.717, 1.165) is 59.6 Å². The summed E-state index contributed by atoms with van der Waals surface area (Å²) in [4.78, 5) is 18.3. The molecule has 0 atom stereocenters. The van der Waals surface area contributed by atoms with E-state index in [9.17, 15) is 0 Å². The van der Waals surface area contributed by atoms with Crippen LogP contribution in [0, 0.1) is 5.41 Å². The van der Waals surface area contributed by atoms with Crippen LogP contribution < -0.4 is 5.32 Å². The van der Waals surface area contributed by atoms with Gasteiger partial charge in [0, 0.05) is 59.5 Å². The highest BCUT2D eigenvalue weighted by atomic mass is 15.2. The summed E-state index contributed by atoms with van der Waals surface area (Å²) in [5.41, 5.74) is 5.90. The summed E-state index contributed by atoms with van der Waals surface area (Å²) < 4.78 is 0. The van der Waals surface area contributed by atoms with Crippen LogP contribution >= 0.6 is 0 Å². The molecule has 5 rings (SSSR count). The number of hydrogen-bond acceptors (Lipinski definition) is 6. The molecule has 2 aliphatic heterocycles. The maximum absolute atomic E-state index is 8.64. The molecule has 7 nitrogen and oxygen atoms in total.